The van der Waals surface area contributed by atoms with Crippen molar-refractivity contribution in [2.45, 2.75) is 25.9 Å². The summed E-state index contributed by atoms with van der Waals surface area (Å²) in [4.78, 5) is 25.6. The van der Waals surface area contributed by atoms with Crippen molar-refractivity contribution in [1.82, 2.24) is 10.2 Å². The van der Waals surface area contributed by atoms with Crippen molar-refractivity contribution < 1.29 is 19.4 Å². The van der Waals surface area contributed by atoms with Gasteiger partial charge in [0.25, 0.3) is 0 Å². The first-order valence-corrected chi connectivity index (χ1v) is 7.17. The highest BCUT2D eigenvalue weighted by atomic mass is 32.1. The molecule has 1 aromatic heterocycles. The number of thiophene rings is 1. The lowest BCUT2D eigenvalue weighted by Gasteiger charge is -2.28. The van der Waals surface area contributed by atoms with Gasteiger partial charge in [-0.3, -0.25) is 0 Å². The molecular weight excluding hydrogens is 280 g/mol. The highest BCUT2D eigenvalue weighted by Gasteiger charge is 2.26. The van der Waals surface area contributed by atoms with E-state index in [9.17, 15) is 14.7 Å². The van der Waals surface area contributed by atoms with E-state index >= 15 is 0 Å². The van der Waals surface area contributed by atoms with Crippen LogP contribution < -0.4 is 5.32 Å². The fraction of sp³-hybridized carbons (Fsp3) is 0.538. The van der Waals surface area contributed by atoms with Crippen molar-refractivity contribution in [2.75, 3.05) is 20.3 Å². The number of carboxylic acid groups (broad SMARTS) is 1. The van der Waals surface area contributed by atoms with Crippen LogP contribution in [0.15, 0.2) is 17.5 Å². The number of carbonyl (C=O) groups excluding carboxylic acids is 1. The van der Waals surface area contributed by atoms with E-state index in [1.807, 2.05) is 13.8 Å². The number of hydrogen-bond donors (Lipinski definition) is 2. The van der Waals surface area contributed by atoms with Gasteiger partial charge in [0.15, 0.2) is 6.04 Å². The summed E-state index contributed by atoms with van der Waals surface area (Å²) in [6, 6.07) is 1.98. The molecule has 0 saturated heterocycles. The number of nitrogens with one attached hydrogen (secondary N) is 1. The Morgan fingerprint density at radius 1 is 1.50 bits per heavy atom. The fourth-order valence-electron chi connectivity index (χ4n) is 1.70. The Balaban J connectivity index is 2.76. The molecule has 0 aromatic carbocycles. The number of nitrogens with zero attached hydrogens (tertiary/aromatic N) is 1. The summed E-state index contributed by atoms with van der Waals surface area (Å²) in [5.74, 6) is -1.07. The molecule has 1 heterocycles. The summed E-state index contributed by atoms with van der Waals surface area (Å²) >= 11 is 1.30. The van der Waals surface area contributed by atoms with Gasteiger partial charge < -0.3 is 20.1 Å². The topological polar surface area (TPSA) is 78.9 Å². The van der Waals surface area contributed by atoms with Crippen LogP contribution >= 0.6 is 11.3 Å². The highest BCUT2D eigenvalue weighted by Crippen LogP contribution is 2.19. The molecule has 0 aliphatic heterocycles. The Labute approximate surface area is 122 Å². The van der Waals surface area contributed by atoms with Crippen molar-refractivity contribution in [3.8, 4) is 0 Å². The summed E-state index contributed by atoms with van der Waals surface area (Å²) in [5, 5.41) is 13.6. The number of amides is 2. The van der Waals surface area contributed by atoms with Gasteiger partial charge in [-0.25, -0.2) is 9.59 Å². The fourth-order valence-corrected chi connectivity index (χ4v) is 2.47. The molecule has 0 bridgehead atoms. The van der Waals surface area contributed by atoms with E-state index in [0.29, 0.717) is 18.0 Å². The summed E-state index contributed by atoms with van der Waals surface area (Å²) in [7, 11) is 1.56. The third kappa shape index (κ3) is 4.50. The van der Waals surface area contributed by atoms with Crippen molar-refractivity contribution in [3.05, 3.63) is 22.4 Å². The Morgan fingerprint density at radius 2 is 2.20 bits per heavy atom. The zero-order chi connectivity index (χ0) is 15.1. The number of carbonyl (C=O) groups is 2. The molecule has 112 valence electrons. The van der Waals surface area contributed by atoms with Crippen molar-refractivity contribution in [2.24, 2.45) is 0 Å². The molecule has 0 saturated carbocycles. The van der Waals surface area contributed by atoms with Gasteiger partial charge in [0.2, 0.25) is 0 Å². The van der Waals surface area contributed by atoms with E-state index in [-0.39, 0.29) is 6.04 Å². The molecule has 0 fully saturated rings. The maximum atomic E-state index is 12.2. The van der Waals surface area contributed by atoms with E-state index in [2.05, 4.69) is 5.32 Å². The molecule has 6 nitrogen and oxygen atoms in total. The van der Waals surface area contributed by atoms with Crippen LogP contribution in [0.2, 0.25) is 0 Å². The third-order valence-electron chi connectivity index (χ3n) is 2.76. The summed E-state index contributed by atoms with van der Waals surface area (Å²) in [5.41, 5.74) is 0. The predicted molar refractivity (Wildman–Crippen MR) is 76.9 cm³/mol. The standard InChI is InChI=1S/C13H20N2O4S/c1-9(2)15(6-7-19-3)13(18)14-11(12(16)17)10-5-4-8-20-10/h4-5,8-9,11H,6-7H2,1-3H3,(H,14,18)(H,16,17). The number of methoxy groups -OCH3 is 1. The predicted octanol–water partition coefficient (Wildman–Crippen LogP) is 1.94. The second-order valence-electron chi connectivity index (χ2n) is 4.52. The summed E-state index contributed by atoms with van der Waals surface area (Å²) in [6.45, 7) is 4.56. The zero-order valence-corrected chi connectivity index (χ0v) is 12.6. The van der Waals surface area contributed by atoms with Crippen molar-refractivity contribution in [1.29, 1.82) is 0 Å². The van der Waals surface area contributed by atoms with Crippen LogP contribution in [-0.4, -0.2) is 48.3 Å². The maximum absolute atomic E-state index is 12.2. The number of rotatable bonds is 7. The minimum Gasteiger partial charge on any atom is -0.479 e. The monoisotopic (exact) mass is 300 g/mol. The van der Waals surface area contributed by atoms with Gasteiger partial charge in [0, 0.05) is 24.6 Å². The van der Waals surface area contributed by atoms with Crippen LogP contribution in [0, 0.1) is 0 Å². The number of urea groups is 1. The third-order valence-corrected chi connectivity index (χ3v) is 3.70. The lowest BCUT2D eigenvalue weighted by atomic mass is 10.2. The lowest BCUT2D eigenvalue weighted by Crippen LogP contribution is -2.47. The number of ether oxygens (including phenoxy) is 1. The molecule has 1 rings (SSSR count). The van der Waals surface area contributed by atoms with Crippen LogP contribution in [-0.2, 0) is 9.53 Å². The van der Waals surface area contributed by atoms with E-state index in [1.54, 1.807) is 29.5 Å². The van der Waals surface area contributed by atoms with E-state index in [1.165, 1.54) is 11.3 Å². The molecule has 2 N–H and O–H groups in total. The van der Waals surface area contributed by atoms with Crippen LogP contribution in [0.4, 0.5) is 4.79 Å². The molecule has 0 spiro atoms. The normalized spacial score (nSPS) is 12.2. The molecule has 0 aliphatic carbocycles. The Morgan fingerprint density at radius 3 is 2.65 bits per heavy atom. The van der Waals surface area contributed by atoms with Gasteiger partial charge in [0.05, 0.1) is 6.61 Å². The molecule has 2 amide bonds. The molecule has 7 heteroatoms. The second kappa shape index (κ2) is 7.86. The van der Waals surface area contributed by atoms with Crippen LogP contribution in [0.3, 0.4) is 0 Å². The van der Waals surface area contributed by atoms with Crippen molar-refractivity contribution >= 4 is 23.3 Å². The molecule has 0 aliphatic rings. The number of aliphatic carboxylic acids is 1. The first-order valence-electron chi connectivity index (χ1n) is 6.29. The Bertz CT molecular complexity index is 434. The molecule has 1 atom stereocenters. The maximum Gasteiger partial charge on any atom is 0.331 e. The first kappa shape index (κ1) is 16.5. The minimum absolute atomic E-state index is 0.0390. The SMILES string of the molecule is COCCN(C(=O)NC(C(=O)O)c1cccs1)C(C)C. The lowest BCUT2D eigenvalue weighted by molar-refractivity contribution is -0.139. The van der Waals surface area contributed by atoms with Gasteiger partial charge in [0.1, 0.15) is 0 Å². The molecule has 20 heavy (non-hydrogen) atoms. The summed E-state index contributed by atoms with van der Waals surface area (Å²) in [6.07, 6.45) is 0. The quantitative estimate of drug-likeness (QED) is 0.806. The van der Waals surface area contributed by atoms with Gasteiger partial charge in [-0.15, -0.1) is 11.3 Å². The van der Waals surface area contributed by atoms with Crippen molar-refractivity contribution in [3.63, 3.8) is 0 Å². The number of carboxylic acids is 1. The van der Waals surface area contributed by atoms with Crippen LogP contribution in [0.25, 0.3) is 0 Å². The molecular formula is C13H20N2O4S. The second-order valence-corrected chi connectivity index (χ2v) is 5.50. The Kier molecular flexibility index (Phi) is 6.47. The Hall–Kier alpha value is -1.60. The number of hydrogen-bond acceptors (Lipinski definition) is 4. The van der Waals surface area contributed by atoms with Gasteiger partial charge >= 0.3 is 12.0 Å². The zero-order valence-electron chi connectivity index (χ0n) is 11.8. The van der Waals surface area contributed by atoms with Gasteiger partial charge in [-0.1, -0.05) is 6.07 Å². The smallest absolute Gasteiger partial charge is 0.331 e. The van der Waals surface area contributed by atoms with Gasteiger partial charge in [-0.2, -0.15) is 0 Å². The minimum atomic E-state index is -1.07. The van der Waals surface area contributed by atoms with Crippen LogP contribution in [0.1, 0.15) is 24.8 Å². The van der Waals surface area contributed by atoms with E-state index < -0.39 is 18.0 Å². The van der Waals surface area contributed by atoms with E-state index in [0.717, 1.165) is 0 Å². The molecule has 1 aromatic rings. The molecule has 1 unspecified atom stereocenters. The first-order chi connectivity index (χ1) is 9.47. The highest BCUT2D eigenvalue weighted by molar-refractivity contribution is 7.10. The van der Waals surface area contributed by atoms with E-state index in [4.69, 9.17) is 4.74 Å². The largest absolute Gasteiger partial charge is 0.479 e. The van der Waals surface area contributed by atoms with Crippen LogP contribution in [0.5, 0.6) is 0 Å². The summed E-state index contributed by atoms with van der Waals surface area (Å²) < 4.78 is 4.96. The van der Waals surface area contributed by atoms with Gasteiger partial charge in [-0.05, 0) is 25.3 Å². The average Bonchev–Trinajstić information content (AvgIpc) is 2.89. The average molecular weight is 300 g/mol. The molecule has 0 radical (unpaired) electrons.